The molecular weight excluding hydrogens is 385 g/mol. The minimum absolute atomic E-state index is 0.0189. The number of hydrogen-bond acceptors (Lipinski definition) is 4. The number of likely N-dealkylation sites (N-methyl/N-ethyl adjacent to an activating group) is 1. The summed E-state index contributed by atoms with van der Waals surface area (Å²) in [4.78, 5) is 34.8. The Morgan fingerprint density at radius 1 is 1.40 bits per heavy atom. The first kappa shape index (κ1) is 20.6. The molecule has 1 saturated carbocycles. The minimum Gasteiger partial charge on any atom is -0.368 e. The summed E-state index contributed by atoms with van der Waals surface area (Å²) in [5.41, 5.74) is 0.747. The predicted molar refractivity (Wildman–Crippen MR) is 116 cm³/mol. The van der Waals surface area contributed by atoms with E-state index >= 15 is 4.39 Å². The van der Waals surface area contributed by atoms with Crippen molar-refractivity contribution in [3.63, 3.8) is 0 Å². The maximum atomic E-state index is 15.2. The molecule has 1 aliphatic carbocycles. The Balaban J connectivity index is 1.72. The number of benzene rings is 1. The van der Waals surface area contributed by atoms with Crippen LogP contribution in [0.4, 0.5) is 10.1 Å². The molecule has 2 aromatic rings. The van der Waals surface area contributed by atoms with Gasteiger partial charge in [-0.05, 0) is 44.7 Å². The van der Waals surface area contributed by atoms with Gasteiger partial charge in [-0.2, -0.15) is 0 Å². The number of nitrogens with zero attached hydrogens (tertiary/aromatic N) is 4. The summed E-state index contributed by atoms with van der Waals surface area (Å²) in [6.45, 7) is 14.4. The van der Waals surface area contributed by atoms with Crippen molar-refractivity contribution in [2.24, 2.45) is 5.41 Å². The summed E-state index contributed by atoms with van der Waals surface area (Å²) in [5.74, 6) is -0.419. The fraction of sp³-hybridized carbons (Fsp3) is 0.591. The first-order chi connectivity index (χ1) is 14.2. The summed E-state index contributed by atoms with van der Waals surface area (Å²) in [6.07, 6.45) is 2.70. The molecule has 1 unspecified atom stereocenters. The van der Waals surface area contributed by atoms with Gasteiger partial charge in [0.25, 0.3) is 5.56 Å². The van der Waals surface area contributed by atoms with Crippen molar-refractivity contribution in [3.05, 3.63) is 49.7 Å². The molecule has 0 bridgehead atoms. The Hall–Kier alpha value is -2.66. The summed E-state index contributed by atoms with van der Waals surface area (Å²) < 4.78 is 16.9. The highest BCUT2D eigenvalue weighted by atomic mass is 19.1. The molecule has 0 spiro atoms. The molecule has 1 atom stereocenters. The smallest absolute Gasteiger partial charge is 0.329 e. The molecule has 1 aromatic carbocycles. The number of aromatic nitrogens is 2. The molecule has 8 heteroatoms. The zero-order chi connectivity index (χ0) is 21.6. The van der Waals surface area contributed by atoms with Gasteiger partial charge in [0.15, 0.2) is 0 Å². The van der Waals surface area contributed by atoms with E-state index in [-0.39, 0.29) is 16.8 Å². The van der Waals surface area contributed by atoms with Crippen LogP contribution in [0, 0.1) is 24.7 Å². The van der Waals surface area contributed by atoms with Crippen LogP contribution in [0.15, 0.2) is 15.7 Å². The molecule has 1 saturated heterocycles. The standard InChI is InChI=1S/C22H28FN5O2/c1-14-18-16(20(29)25-21(30)28(18)15-5-6-15)11-17(23)19(14)27-9-7-22(2,13-27)12-26(4)10-8-24-3/h11,15H,5-10,12-13H2,1-2,4H3,(H,25,29,30). The number of aryl methyl sites for hydroxylation is 1. The average Bonchev–Trinajstić information content (AvgIpc) is 3.44. The van der Waals surface area contributed by atoms with Gasteiger partial charge in [-0.1, -0.05) is 6.92 Å². The topological polar surface area (TPSA) is 65.7 Å². The summed E-state index contributed by atoms with van der Waals surface area (Å²) in [5, 5.41) is 0.237. The molecule has 1 aliphatic heterocycles. The normalized spacial score (nSPS) is 21.5. The average molecular weight is 413 g/mol. The second-order valence-corrected chi connectivity index (χ2v) is 9.19. The molecule has 4 rings (SSSR count). The van der Waals surface area contributed by atoms with E-state index in [2.05, 4.69) is 26.6 Å². The SMILES string of the molecule is [C-]#[N+]CCN(C)CC1(C)CCN(c2c(F)cc3c(=O)[nH]c(=O)n(C4CC4)c3c2C)C1. The van der Waals surface area contributed by atoms with E-state index in [4.69, 9.17) is 6.57 Å². The van der Waals surface area contributed by atoms with Gasteiger partial charge in [0, 0.05) is 31.2 Å². The highest BCUT2D eigenvalue weighted by Crippen LogP contribution is 2.41. The lowest BCUT2D eigenvalue weighted by atomic mass is 9.89. The molecule has 2 aliphatic rings. The molecule has 1 aromatic heterocycles. The van der Waals surface area contributed by atoms with Gasteiger partial charge in [-0.25, -0.2) is 15.8 Å². The van der Waals surface area contributed by atoms with E-state index in [1.165, 1.54) is 6.07 Å². The van der Waals surface area contributed by atoms with Crippen molar-refractivity contribution < 1.29 is 4.39 Å². The summed E-state index contributed by atoms with van der Waals surface area (Å²) in [7, 11) is 2.02. The Morgan fingerprint density at radius 3 is 2.80 bits per heavy atom. The quantitative estimate of drug-likeness (QED) is 0.740. The van der Waals surface area contributed by atoms with Crippen LogP contribution in [0.1, 0.15) is 37.8 Å². The van der Waals surface area contributed by atoms with E-state index in [1.807, 2.05) is 14.0 Å². The second-order valence-electron chi connectivity index (χ2n) is 9.19. The number of hydrogen-bond donors (Lipinski definition) is 1. The number of fused-ring (bicyclic) bond motifs is 1. The minimum atomic E-state index is -0.534. The van der Waals surface area contributed by atoms with Gasteiger partial charge in [0.1, 0.15) is 5.82 Å². The van der Waals surface area contributed by atoms with Crippen molar-refractivity contribution in [2.45, 2.75) is 39.2 Å². The monoisotopic (exact) mass is 413 g/mol. The third kappa shape index (κ3) is 3.63. The zero-order valence-electron chi connectivity index (χ0n) is 17.8. The van der Waals surface area contributed by atoms with Crippen molar-refractivity contribution in [2.75, 3.05) is 44.7 Å². The number of anilines is 1. The molecule has 7 nitrogen and oxygen atoms in total. The number of rotatable bonds is 6. The fourth-order valence-electron chi connectivity index (χ4n) is 4.93. The molecule has 0 amide bonds. The molecule has 2 fully saturated rings. The maximum absolute atomic E-state index is 15.2. The lowest BCUT2D eigenvalue weighted by Gasteiger charge is -2.30. The first-order valence-electron chi connectivity index (χ1n) is 10.5. The number of H-pyrrole nitrogens is 1. The Labute approximate surface area is 174 Å². The van der Waals surface area contributed by atoms with Crippen molar-refractivity contribution >= 4 is 16.6 Å². The first-order valence-corrected chi connectivity index (χ1v) is 10.5. The van der Waals surface area contributed by atoms with Crippen LogP contribution < -0.4 is 16.1 Å². The molecule has 30 heavy (non-hydrogen) atoms. The van der Waals surface area contributed by atoms with Crippen LogP contribution in [-0.4, -0.2) is 54.2 Å². The van der Waals surface area contributed by atoms with Crippen molar-refractivity contribution in [1.82, 2.24) is 14.5 Å². The molecule has 1 N–H and O–H groups in total. The van der Waals surface area contributed by atoms with Gasteiger partial charge in [0.2, 0.25) is 6.54 Å². The van der Waals surface area contributed by atoms with Gasteiger partial charge >= 0.3 is 5.69 Å². The van der Waals surface area contributed by atoms with Crippen LogP contribution in [-0.2, 0) is 0 Å². The van der Waals surface area contributed by atoms with E-state index in [0.717, 1.165) is 32.4 Å². The van der Waals surface area contributed by atoms with Crippen LogP contribution in [0.2, 0.25) is 0 Å². The summed E-state index contributed by atoms with van der Waals surface area (Å²) in [6, 6.07) is 1.36. The van der Waals surface area contributed by atoms with E-state index in [1.54, 1.807) is 4.57 Å². The third-order valence-electron chi connectivity index (χ3n) is 6.42. The van der Waals surface area contributed by atoms with Crippen molar-refractivity contribution in [1.29, 1.82) is 0 Å². The lowest BCUT2D eigenvalue weighted by molar-refractivity contribution is 0.217. The fourth-order valence-corrected chi connectivity index (χ4v) is 4.93. The van der Waals surface area contributed by atoms with Gasteiger partial charge < -0.3 is 9.74 Å². The van der Waals surface area contributed by atoms with Crippen LogP contribution >= 0.6 is 0 Å². The highest BCUT2D eigenvalue weighted by Gasteiger charge is 2.37. The van der Waals surface area contributed by atoms with Crippen LogP contribution in [0.3, 0.4) is 0 Å². The molecular formula is C22H28FN5O2. The van der Waals surface area contributed by atoms with E-state index in [0.29, 0.717) is 36.4 Å². The van der Waals surface area contributed by atoms with E-state index < -0.39 is 17.1 Å². The largest absolute Gasteiger partial charge is 0.368 e. The number of aromatic amines is 1. The molecule has 0 radical (unpaired) electrons. The van der Waals surface area contributed by atoms with E-state index in [9.17, 15) is 9.59 Å². The third-order valence-corrected chi connectivity index (χ3v) is 6.42. The number of halogens is 1. The van der Waals surface area contributed by atoms with Gasteiger partial charge in [0.05, 0.1) is 23.1 Å². The highest BCUT2D eigenvalue weighted by molar-refractivity contribution is 5.87. The van der Waals surface area contributed by atoms with Crippen LogP contribution in [0.25, 0.3) is 15.7 Å². The predicted octanol–water partition coefficient (Wildman–Crippen LogP) is 2.54. The maximum Gasteiger partial charge on any atom is 0.329 e. The second kappa shape index (κ2) is 7.55. The molecule has 2 heterocycles. The molecule has 160 valence electrons. The Kier molecular flexibility index (Phi) is 5.18. The zero-order valence-corrected chi connectivity index (χ0v) is 17.8. The van der Waals surface area contributed by atoms with Crippen molar-refractivity contribution in [3.8, 4) is 0 Å². The Morgan fingerprint density at radius 2 is 2.13 bits per heavy atom. The van der Waals surface area contributed by atoms with Gasteiger partial charge in [-0.3, -0.25) is 19.2 Å². The van der Waals surface area contributed by atoms with Crippen LogP contribution in [0.5, 0.6) is 0 Å². The lowest BCUT2D eigenvalue weighted by Crippen LogP contribution is -2.37. The summed E-state index contributed by atoms with van der Waals surface area (Å²) >= 11 is 0. The van der Waals surface area contributed by atoms with Gasteiger partial charge in [-0.15, -0.1) is 0 Å². The number of nitrogens with one attached hydrogen (secondary N) is 1. The Bertz CT molecular complexity index is 1140.